The van der Waals surface area contributed by atoms with E-state index in [1.165, 1.54) is 0 Å². The molecule has 5 heteroatoms. The quantitative estimate of drug-likeness (QED) is 0.829. The van der Waals surface area contributed by atoms with E-state index < -0.39 is 0 Å². The average molecular weight is 325 g/mol. The Kier molecular flexibility index (Phi) is 4.99. The molecule has 0 radical (unpaired) electrons. The number of rotatable bonds is 6. The summed E-state index contributed by atoms with van der Waals surface area (Å²) in [6.07, 6.45) is 4.98. The zero-order valence-electron chi connectivity index (χ0n) is 14.1. The molecule has 5 nitrogen and oxygen atoms in total. The molecule has 1 aliphatic rings. The van der Waals surface area contributed by atoms with Crippen LogP contribution in [0.25, 0.3) is 0 Å². The number of carbonyl (C=O) groups is 1. The van der Waals surface area contributed by atoms with Crippen molar-refractivity contribution in [2.75, 3.05) is 10.6 Å². The second-order valence-electron chi connectivity index (χ2n) is 6.37. The number of hydrogen-bond donors (Lipinski definition) is 2. The summed E-state index contributed by atoms with van der Waals surface area (Å²) in [6.45, 7) is 4.00. The summed E-state index contributed by atoms with van der Waals surface area (Å²) >= 11 is 0. The van der Waals surface area contributed by atoms with Crippen LogP contribution < -0.4 is 15.4 Å². The second-order valence-corrected chi connectivity index (χ2v) is 6.37. The van der Waals surface area contributed by atoms with Crippen molar-refractivity contribution in [2.45, 2.75) is 39.2 Å². The van der Waals surface area contributed by atoms with Crippen LogP contribution in [0.3, 0.4) is 0 Å². The van der Waals surface area contributed by atoms with Crippen molar-refractivity contribution < 1.29 is 9.53 Å². The molecule has 2 N–H and O–H groups in total. The largest absolute Gasteiger partial charge is 0.491 e. The average Bonchev–Trinajstić information content (AvgIpc) is 2.49. The number of amides is 1. The molecular weight excluding hydrogens is 302 g/mol. The van der Waals surface area contributed by atoms with Crippen molar-refractivity contribution in [1.82, 2.24) is 4.98 Å². The number of pyridine rings is 1. The van der Waals surface area contributed by atoms with Gasteiger partial charge < -0.3 is 15.4 Å². The van der Waals surface area contributed by atoms with Gasteiger partial charge in [-0.15, -0.1) is 0 Å². The Hall–Kier alpha value is -2.56. The first kappa shape index (κ1) is 16.3. The Bertz CT molecular complexity index is 677. The Morgan fingerprint density at radius 3 is 2.38 bits per heavy atom. The van der Waals surface area contributed by atoms with Crippen molar-refractivity contribution in [3.05, 3.63) is 42.6 Å². The fraction of sp³-hybridized carbons (Fsp3) is 0.368. The smallest absolute Gasteiger partial charge is 0.227 e. The number of aromatic nitrogens is 1. The summed E-state index contributed by atoms with van der Waals surface area (Å²) in [5.74, 6) is 1.85. The molecule has 24 heavy (non-hydrogen) atoms. The molecule has 0 aliphatic heterocycles. The molecule has 0 spiro atoms. The van der Waals surface area contributed by atoms with Crippen LogP contribution in [0.2, 0.25) is 0 Å². The van der Waals surface area contributed by atoms with Crippen LogP contribution >= 0.6 is 0 Å². The van der Waals surface area contributed by atoms with Gasteiger partial charge in [-0.05, 0) is 63.1 Å². The monoisotopic (exact) mass is 325 g/mol. The van der Waals surface area contributed by atoms with E-state index in [0.717, 1.165) is 42.2 Å². The van der Waals surface area contributed by atoms with Gasteiger partial charge in [0.1, 0.15) is 11.6 Å². The molecule has 126 valence electrons. The molecule has 1 saturated carbocycles. The molecule has 1 amide bonds. The highest BCUT2D eigenvalue weighted by Crippen LogP contribution is 2.27. The van der Waals surface area contributed by atoms with Gasteiger partial charge in [0.2, 0.25) is 5.91 Å². The zero-order chi connectivity index (χ0) is 16.9. The summed E-state index contributed by atoms with van der Waals surface area (Å²) in [7, 11) is 0. The van der Waals surface area contributed by atoms with E-state index in [9.17, 15) is 4.79 Å². The van der Waals surface area contributed by atoms with Gasteiger partial charge in [-0.25, -0.2) is 4.98 Å². The lowest BCUT2D eigenvalue weighted by Crippen LogP contribution is -2.28. The van der Waals surface area contributed by atoms with Crippen molar-refractivity contribution in [3.63, 3.8) is 0 Å². The van der Waals surface area contributed by atoms with Crippen LogP contribution in [0.15, 0.2) is 42.6 Å². The van der Waals surface area contributed by atoms with Crippen molar-refractivity contribution in [2.24, 2.45) is 5.92 Å². The molecule has 3 rings (SSSR count). The number of benzene rings is 1. The van der Waals surface area contributed by atoms with Gasteiger partial charge >= 0.3 is 0 Å². The lowest BCUT2D eigenvalue weighted by Gasteiger charge is -2.23. The molecule has 0 saturated heterocycles. The summed E-state index contributed by atoms with van der Waals surface area (Å²) in [5, 5.41) is 6.15. The number of hydrogen-bond acceptors (Lipinski definition) is 4. The molecule has 0 bridgehead atoms. The van der Waals surface area contributed by atoms with E-state index >= 15 is 0 Å². The number of ether oxygens (including phenoxy) is 1. The number of anilines is 3. The van der Waals surface area contributed by atoms with Gasteiger partial charge in [-0.1, -0.05) is 6.42 Å². The van der Waals surface area contributed by atoms with Gasteiger partial charge in [0.15, 0.2) is 0 Å². The van der Waals surface area contributed by atoms with E-state index in [4.69, 9.17) is 4.74 Å². The number of nitrogens with zero attached hydrogens (tertiary/aromatic N) is 1. The van der Waals surface area contributed by atoms with Crippen molar-refractivity contribution in [3.8, 4) is 5.75 Å². The zero-order valence-corrected chi connectivity index (χ0v) is 14.1. The number of carbonyl (C=O) groups excluding carboxylic acids is 1. The van der Waals surface area contributed by atoms with Crippen LogP contribution in [0, 0.1) is 5.92 Å². The predicted molar refractivity (Wildman–Crippen MR) is 95.7 cm³/mol. The van der Waals surface area contributed by atoms with Crippen molar-refractivity contribution in [1.29, 1.82) is 0 Å². The highest BCUT2D eigenvalue weighted by atomic mass is 16.5. The summed E-state index contributed by atoms with van der Waals surface area (Å²) in [6, 6.07) is 11.5. The van der Waals surface area contributed by atoms with Crippen LogP contribution in [-0.4, -0.2) is 17.0 Å². The van der Waals surface area contributed by atoms with Crippen LogP contribution in [0.5, 0.6) is 5.75 Å². The summed E-state index contributed by atoms with van der Waals surface area (Å²) < 4.78 is 5.62. The lowest BCUT2D eigenvalue weighted by molar-refractivity contribution is -0.122. The van der Waals surface area contributed by atoms with Gasteiger partial charge in [0, 0.05) is 11.6 Å². The van der Waals surface area contributed by atoms with Crippen molar-refractivity contribution >= 4 is 23.1 Å². The first-order valence-corrected chi connectivity index (χ1v) is 8.41. The standard InChI is InChI=1S/C19H23N3O2/c1-13(2)24-17-9-6-15(7-10-17)21-18-11-8-16(12-20-18)22-19(23)14-4-3-5-14/h6-14H,3-5H2,1-2H3,(H,20,21)(H,22,23). The molecule has 2 aromatic rings. The van der Waals surface area contributed by atoms with Crippen LogP contribution in [0.4, 0.5) is 17.2 Å². The molecule has 0 atom stereocenters. The predicted octanol–water partition coefficient (Wildman–Crippen LogP) is 4.35. The maximum Gasteiger partial charge on any atom is 0.227 e. The first-order valence-electron chi connectivity index (χ1n) is 8.41. The van der Waals surface area contributed by atoms with E-state index in [0.29, 0.717) is 0 Å². The molecule has 1 fully saturated rings. The summed E-state index contributed by atoms with van der Waals surface area (Å²) in [5.41, 5.74) is 1.67. The lowest BCUT2D eigenvalue weighted by atomic mass is 9.85. The van der Waals surface area contributed by atoms with Gasteiger partial charge in [0.25, 0.3) is 0 Å². The van der Waals surface area contributed by atoms with E-state index in [2.05, 4.69) is 15.6 Å². The third-order valence-corrected chi connectivity index (χ3v) is 4.01. The SMILES string of the molecule is CC(C)Oc1ccc(Nc2ccc(NC(=O)C3CCC3)cn2)cc1. The minimum atomic E-state index is 0.101. The van der Waals surface area contributed by atoms with E-state index in [1.54, 1.807) is 6.20 Å². The highest BCUT2D eigenvalue weighted by molar-refractivity contribution is 5.92. The fourth-order valence-corrected chi connectivity index (χ4v) is 2.49. The molecule has 1 aromatic heterocycles. The summed E-state index contributed by atoms with van der Waals surface area (Å²) in [4.78, 5) is 16.3. The van der Waals surface area contributed by atoms with Gasteiger partial charge in [-0.3, -0.25) is 4.79 Å². The third-order valence-electron chi connectivity index (χ3n) is 4.01. The molecular formula is C19H23N3O2. The van der Waals surface area contributed by atoms with Crippen LogP contribution in [-0.2, 0) is 4.79 Å². The highest BCUT2D eigenvalue weighted by Gasteiger charge is 2.25. The molecule has 1 aliphatic carbocycles. The van der Waals surface area contributed by atoms with Gasteiger partial charge in [0.05, 0.1) is 18.0 Å². The molecule has 1 heterocycles. The van der Waals surface area contributed by atoms with Crippen LogP contribution in [0.1, 0.15) is 33.1 Å². The molecule has 0 unspecified atom stereocenters. The first-order chi connectivity index (χ1) is 11.6. The second kappa shape index (κ2) is 7.34. The normalized spacial score (nSPS) is 14.1. The number of nitrogens with one attached hydrogen (secondary N) is 2. The van der Waals surface area contributed by atoms with Gasteiger partial charge in [-0.2, -0.15) is 0 Å². The van der Waals surface area contributed by atoms with E-state index in [-0.39, 0.29) is 17.9 Å². The minimum Gasteiger partial charge on any atom is -0.491 e. The Morgan fingerprint density at radius 1 is 1.12 bits per heavy atom. The Morgan fingerprint density at radius 2 is 1.83 bits per heavy atom. The third kappa shape index (κ3) is 4.25. The topological polar surface area (TPSA) is 63.2 Å². The maximum absolute atomic E-state index is 11.9. The minimum absolute atomic E-state index is 0.101. The maximum atomic E-state index is 11.9. The Balaban J connectivity index is 1.56. The molecule has 1 aromatic carbocycles. The Labute approximate surface area is 142 Å². The fourth-order valence-electron chi connectivity index (χ4n) is 2.49. The van der Waals surface area contributed by atoms with E-state index in [1.807, 2.05) is 50.2 Å².